The van der Waals surface area contributed by atoms with E-state index < -0.39 is 5.97 Å². The fourth-order valence-electron chi connectivity index (χ4n) is 1.91. The number of rotatable bonds is 5. The van der Waals surface area contributed by atoms with Crippen LogP contribution in [0.2, 0.25) is 0 Å². The van der Waals surface area contributed by atoms with Crippen LogP contribution in [0.4, 0.5) is 0 Å². The van der Waals surface area contributed by atoms with Crippen molar-refractivity contribution in [3.8, 4) is 0 Å². The van der Waals surface area contributed by atoms with Gasteiger partial charge < -0.3 is 5.11 Å². The molecule has 0 radical (unpaired) electrons. The summed E-state index contributed by atoms with van der Waals surface area (Å²) in [4.78, 5) is 13.6. The zero-order valence-corrected chi connectivity index (χ0v) is 12.9. The third-order valence-electron chi connectivity index (χ3n) is 2.78. The van der Waals surface area contributed by atoms with E-state index >= 15 is 0 Å². The molecule has 0 saturated heterocycles. The van der Waals surface area contributed by atoms with Gasteiger partial charge in [0.2, 0.25) is 0 Å². The SMILES string of the molecule is CN(Cc1ccccc1Br)Cc1ccsc1C(=O)O. The summed E-state index contributed by atoms with van der Waals surface area (Å²) in [6, 6.07) is 9.93. The summed E-state index contributed by atoms with van der Waals surface area (Å²) >= 11 is 4.80. The van der Waals surface area contributed by atoms with Gasteiger partial charge in [0.05, 0.1) is 0 Å². The summed E-state index contributed by atoms with van der Waals surface area (Å²) in [5, 5.41) is 10.9. The topological polar surface area (TPSA) is 40.5 Å². The lowest BCUT2D eigenvalue weighted by Gasteiger charge is -2.17. The maximum Gasteiger partial charge on any atom is 0.346 e. The van der Waals surface area contributed by atoms with E-state index in [4.69, 9.17) is 5.11 Å². The zero-order chi connectivity index (χ0) is 13.8. The van der Waals surface area contributed by atoms with Crippen LogP contribution in [0.3, 0.4) is 0 Å². The van der Waals surface area contributed by atoms with Crippen molar-refractivity contribution in [2.45, 2.75) is 13.1 Å². The predicted octanol–water partition coefficient (Wildman–Crippen LogP) is 3.84. The molecule has 19 heavy (non-hydrogen) atoms. The molecule has 0 atom stereocenters. The minimum Gasteiger partial charge on any atom is -0.477 e. The van der Waals surface area contributed by atoms with E-state index in [1.54, 1.807) is 0 Å². The van der Waals surface area contributed by atoms with E-state index in [1.165, 1.54) is 16.9 Å². The normalized spacial score (nSPS) is 10.9. The van der Waals surface area contributed by atoms with E-state index in [2.05, 4.69) is 26.9 Å². The van der Waals surface area contributed by atoms with Crippen molar-refractivity contribution in [1.29, 1.82) is 0 Å². The minimum absolute atomic E-state index is 0.430. The summed E-state index contributed by atoms with van der Waals surface area (Å²) in [5.74, 6) is -0.848. The van der Waals surface area contributed by atoms with Gasteiger partial charge in [-0.25, -0.2) is 4.79 Å². The van der Waals surface area contributed by atoms with Gasteiger partial charge in [-0.2, -0.15) is 0 Å². The lowest BCUT2D eigenvalue weighted by Crippen LogP contribution is -2.18. The summed E-state index contributed by atoms with van der Waals surface area (Å²) in [7, 11) is 1.99. The Labute approximate surface area is 124 Å². The van der Waals surface area contributed by atoms with Crippen LogP contribution in [0.1, 0.15) is 20.8 Å². The maximum atomic E-state index is 11.1. The fourth-order valence-corrected chi connectivity index (χ4v) is 3.08. The molecule has 2 aromatic rings. The molecule has 1 heterocycles. The zero-order valence-electron chi connectivity index (χ0n) is 10.5. The Morgan fingerprint density at radius 3 is 2.63 bits per heavy atom. The smallest absolute Gasteiger partial charge is 0.346 e. The standard InChI is InChI=1S/C14H14BrNO2S/c1-16(8-10-4-2-3-5-12(10)15)9-11-6-7-19-13(11)14(17)18/h2-7H,8-9H2,1H3,(H,17,18). The highest BCUT2D eigenvalue weighted by Crippen LogP contribution is 2.21. The molecule has 1 aromatic heterocycles. The van der Waals surface area contributed by atoms with Crippen molar-refractivity contribution in [3.05, 3.63) is 56.2 Å². The van der Waals surface area contributed by atoms with Crippen LogP contribution < -0.4 is 0 Å². The van der Waals surface area contributed by atoms with Crippen LogP contribution in [0.15, 0.2) is 40.2 Å². The van der Waals surface area contributed by atoms with Crippen molar-refractivity contribution in [1.82, 2.24) is 4.90 Å². The monoisotopic (exact) mass is 339 g/mol. The lowest BCUT2D eigenvalue weighted by molar-refractivity contribution is 0.0700. The molecule has 0 unspecified atom stereocenters. The van der Waals surface area contributed by atoms with Crippen molar-refractivity contribution in [2.75, 3.05) is 7.05 Å². The largest absolute Gasteiger partial charge is 0.477 e. The second-order valence-corrected chi connectivity index (χ2v) is 6.11. The van der Waals surface area contributed by atoms with Crippen LogP contribution in [-0.2, 0) is 13.1 Å². The van der Waals surface area contributed by atoms with Crippen LogP contribution in [0, 0.1) is 0 Å². The summed E-state index contributed by atoms with van der Waals surface area (Å²) in [5.41, 5.74) is 2.06. The molecule has 0 aliphatic carbocycles. The molecular weight excluding hydrogens is 326 g/mol. The average Bonchev–Trinajstić information content (AvgIpc) is 2.80. The highest BCUT2D eigenvalue weighted by Gasteiger charge is 2.13. The van der Waals surface area contributed by atoms with Gasteiger partial charge in [0.15, 0.2) is 0 Å². The molecule has 0 fully saturated rings. The number of carboxylic acids is 1. The molecule has 0 aliphatic heterocycles. The number of halogens is 1. The number of thiophene rings is 1. The molecule has 100 valence electrons. The predicted molar refractivity (Wildman–Crippen MR) is 80.6 cm³/mol. The van der Waals surface area contributed by atoms with Crippen LogP contribution in [0.5, 0.6) is 0 Å². The van der Waals surface area contributed by atoms with Crippen molar-refractivity contribution in [3.63, 3.8) is 0 Å². The van der Waals surface area contributed by atoms with E-state index in [9.17, 15) is 4.79 Å². The minimum atomic E-state index is -0.848. The molecular formula is C14H14BrNO2S. The molecule has 0 bridgehead atoms. The number of hydrogen-bond acceptors (Lipinski definition) is 3. The molecule has 3 nitrogen and oxygen atoms in total. The van der Waals surface area contributed by atoms with Gasteiger partial charge in [-0.3, -0.25) is 4.90 Å². The highest BCUT2D eigenvalue weighted by molar-refractivity contribution is 9.10. The van der Waals surface area contributed by atoms with Crippen molar-refractivity contribution >= 4 is 33.2 Å². The molecule has 0 amide bonds. The van der Waals surface area contributed by atoms with E-state index in [-0.39, 0.29) is 0 Å². The molecule has 1 N–H and O–H groups in total. The molecule has 2 rings (SSSR count). The van der Waals surface area contributed by atoms with Crippen LogP contribution >= 0.6 is 27.3 Å². The third-order valence-corrected chi connectivity index (χ3v) is 4.50. The summed E-state index contributed by atoms with van der Waals surface area (Å²) < 4.78 is 1.07. The Bertz CT molecular complexity index is 582. The number of hydrogen-bond donors (Lipinski definition) is 1. The fraction of sp³-hybridized carbons (Fsp3) is 0.214. The second-order valence-electron chi connectivity index (χ2n) is 4.34. The first-order chi connectivity index (χ1) is 9.08. The summed E-state index contributed by atoms with van der Waals surface area (Å²) in [6.45, 7) is 1.41. The Balaban J connectivity index is 2.06. The van der Waals surface area contributed by atoms with Gasteiger partial charge in [-0.15, -0.1) is 11.3 Å². The first-order valence-electron chi connectivity index (χ1n) is 5.79. The number of nitrogens with zero attached hydrogens (tertiary/aromatic N) is 1. The molecule has 0 spiro atoms. The maximum absolute atomic E-state index is 11.1. The molecule has 0 aliphatic rings. The van der Waals surface area contributed by atoms with Gasteiger partial charge in [-0.05, 0) is 35.7 Å². The highest BCUT2D eigenvalue weighted by atomic mass is 79.9. The number of carbonyl (C=O) groups is 1. The Morgan fingerprint density at radius 1 is 1.26 bits per heavy atom. The Morgan fingerprint density at radius 2 is 1.95 bits per heavy atom. The van der Waals surface area contributed by atoms with Gasteiger partial charge in [-0.1, -0.05) is 34.1 Å². The van der Waals surface area contributed by atoms with Crippen LogP contribution in [0.25, 0.3) is 0 Å². The number of benzene rings is 1. The van der Waals surface area contributed by atoms with E-state index in [0.717, 1.165) is 16.6 Å². The van der Waals surface area contributed by atoms with Gasteiger partial charge in [0.1, 0.15) is 4.88 Å². The van der Waals surface area contributed by atoms with E-state index in [0.29, 0.717) is 11.4 Å². The first kappa shape index (κ1) is 14.2. The van der Waals surface area contributed by atoms with E-state index in [1.807, 2.05) is 36.7 Å². The Kier molecular flexibility index (Phi) is 4.74. The van der Waals surface area contributed by atoms with Gasteiger partial charge in [0.25, 0.3) is 0 Å². The number of carboxylic acid groups (broad SMARTS) is 1. The quantitative estimate of drug-likeness (QED) is 0.899. The van der Waals surface area contributed by atoms with Crippen LogP contribution in [-0.4, -0.2) is 23.0 Å². The van der Waals surface area contributed by atoms with Gasteiger partial charge in [0, 0.05) is 17.6 Å². The Hall–Kier alpha value is -1.17. The lowest BCUT2D eigenvalue weighted by atomic mass is 10.2. The second kappa shape index (κ2) is 6.32. The van der Waals surface area contributed by atoms with Gasteiger partial charge >= 0.3 is 5.97 Å². The summed E-state index contributed by atoms with van der Waals surface area (Å²) in [6.07, 6.45) is 0. The third kappa shape index (κ3) is 3.65. The molecule has 5 heteroatoms. The van der Waals surface area contributed by atoms with Crippen molar-refractivity contribution < 1.29 is 9.90 Å². The van der Waals surface area contributed by atoms with Crippen molar-refractivity contribution in [2.24, 2.45) is 0 Å². The first-order valence-corrected chi connectivity index (χ1v) is 7.47. The molecule has 0 saturated carbocycles. The average molecular weight is 340 g/mol. The number of aromatic carboxylic acids is 1. The molecule has 1 aromatic carbocycles.